The summed E-state index contributed by atoms with van der Waals surface area (Å²) in [6.45, 7) is 0. The molecule has 0 fully saturated rings. The van der Waals surface area contributed by atoms with E-state index in [1.165, 1.54) is 12.1 Å². The summed E-state index contributed by atoms with van der Waals surface area (Å²) in [6, 6.07) is 3.77. The molecule has 0 bridgehead atoms. The Bertz CT molecular complexity index is 473. The van der Waals surface area contributed by atoms with Gasteiger partial charge in [-0.2, -0.15) is 0 Å². The maximum Gasteiger partial charge on any atom is 0.270 e. The Morgan fingerprint density at radius 1 is 1.40 bits per heavy atom. The molecule has 0 aliphatic carbocycles. The van der Waals surface area contributed by atoms with Crippen LogP contribution in [0.2, 0.25) is 0 Å². The monoisotopic (exact) mass is 246 g/mol. The molecule has 0 aromatic heterocycles. The lowest BCUT2D eigenvalue weighted by Gasteiger charge is -2.12. The minimum atomic E-state index is -1.50. The predicted octanol–water partition coefficient (Wildman–Crippen LogP) is 1.93. The molecular formula is C8H4Cl2N2O3. The number of nitro benzene ring substituents is 1. The quantitative estimate of drug-likeness (QED) is 0.356. The molecule has 1 aromatic rings. The van der Waals surface area contributed by atoms with Crippen LogP contribution in [0.4, 0.5) is 5.69 Å². The lowest BCUT2D eigenvalue weighted by Crippen LogP contribution is -2.27. The molecule has 1 aromatic carbocycles. The van der Waals surface area contributed by atoms with Gasteiger partial charge in [-0.15, -0.1) is 0 Å². The summed E-state index contributed by atoms with van der Waals surface area (Å²) in [6.07, 6.45) is 0. The number of amides is 1. The van der Waals surface area contributed by atoms with Gasteiger partial charge in [0.2, 0.25) is 4.46 Å². The molecular weight excluding hydrogens is 243 g/mol. The van der Waals surface area contributed by atoms with E-state index in [1.54, 1.807) is 0 Å². The summed E-state index contributed by atoms with van der Waals surface area (Å²) >= 11 is 11.6. The molecule has 1 heterocycles. The second kappa shape index (κ2) is 3.08. The fourth-order valence-corrected chi connectivity index (χ4v) is 1.89. The molecule has 1 N–H and O–H groups in total. The highest BCUT2D eigenvalue weighted by molar-refractivity contribution is 6.50. The first-order valence-corrected chi connectivity index (χ1v) is 4.66. The van der Waals surface area contributed by atoms with Crippen LogP contribution >= 0.6 is 23.2 Å². The molecule has 0 spiro atoms. The number of hydrogen-bond donors (Lipinski definition) is 1. The van der Waals surface area contributed by atoms with Crippen LogP contribution in [-0.2, 0) is 4.46 Å². The number of fused-ring (bicyclic) bond motifs is 1. The molecule has 1 aliphatic rings. The van der Waals surface area contributed by atoms with E-state index in [1.807, 2.05) is 0 Å². The second-order valence-electron chi connectivity index (χ2n) is 3.02. The van der Waals surface area contributed by atoms with E-state index in [9.17, 15) is 14.9 Å². The van der Waals surface area contributed by atoms with Crippen LogP contribution in [0.1, 0.15) is 15.9 Å². The summed E-state index contributed by atoms with van der Waals surface area (Å²) in [4.78, 5) is 21.2. The van der Waals surface area contributed by atoms with Gasteiger partial charge in [0, 0.05) is 17.7 Å². The van der Waals surface area contributed by atoms with E-state index < -0.39 is 15.3 Å². The number of carbonyl (C=O) groups excluding carboxylic acids is 1. The van der Waals surface area contributed by atoms with Crippen molar-refractivity contribution in [1.82, 2.24) is 5.32 Å². The number of non-ortho nitro benzene ring substituents is 1. The first kappa shape index (κ1) is 10.2. The molecule has 0 saturated heterocycles. The van der Waals surface area contributed by atoms with Gasteiger partial charge in [0.25, 0.3) is 11.6 Å². The van der Waals surface area contributed by atoms with Crippen molar-refractivity contribution < 1.29 is 9.72 Å². The number of carbonyl (C=O) groups is 1. The summed E-state index contributed by atoms with van der Waals surface area (Å²) < 4.78 is -1.50. The Kier molecular flexibility index (Phi) is 2.09. The molecule has 0 unspecified atom stereocenters. The highest BCUT2D eigenvalue weighted by atomic mass is 35.5. The van der Waals surface area contributed by atoms with Crippen molar-refractivity contribution in [3.05, 3.63) is 39.4 Å². The van der Waals surface area contributed by atoms with Crippen LogP contribution in [0.15, 0.2) is 18.2 Å². The summed E-state index contributed by atoms with van der Waals surface area (Å²) in [5, 5.41) is 12.8. The largest absolute Gasteiger partial charge is 0.317 e. The Morgan fingerprint density at radius 3 is 2.67 bits per heavy atom. The highest BCUT2D eigenvalue weighted by Gasteiger charge is 2.40. The van der Waals surface area contributed by atoms with Crippen molar-refractivity contribution in [3.63, 3.8) is 0 Å². The number of benzene rings is 1. The third-order valence-corrected chi connectivity index (χ3v) is 2.66. The van der Waals surface area contributed by atoms with Crippen molar-refractivity contribution >= 4 is 34.8 Å². The molecule has 0 saturated carbocycles. The highest BCUT2D eigenvalue weighted by Crippen LogP contribution is 2.39. The molecule has 2 rings (SSSR count). The third-order valence-electron chi connectivity index (χ3n) is 2.07. The van der Waals surface area contributed by atoms with Crippen LogP contribution in [0.25, 0.3) is 0 Å². The summed E-state index contributed by atoms with van der Waals surface area (Å²) in [5.41, 5.74) is 0.297. The zero-order valence-corrected chi connectivity index (χ0v) is 8.67. The summed E-state index contributed by atoms with van der Waals surface area (Å²) in [5.74, 6) is -0.515. The van der Waals surface area contributed by atoms with E-state index >= 15 is 0 Å². The fraction of sp³-hybridized carbons (Fsp3) is 0.125. The van der Waals surface area contributed by atoms with Crippen LogP contribution in [-0.4, -0.2) is 10.8 Å². The lowest BCUT2D eigenvalue weighted by molar-refractivity contribution is -0.384. The number of rotatable bonds is 1. The Hall–Kier alpha value is -1.33. The van der Waals surface area contributed by atoms with Crippen molar-refractivity contribution in [2.45, 2.75) is 4.46 Å². The zero-order valence-electron chi connectivity index (χ0n) is 7.16. The van der Waals surface area contributed by atoms with Crippen molar-refractivity contribution in [2.75, 3.05) is 0 Å². The normalized spacial score (nSPS) is 17.1. The van der Waals surface area contributed by atoms with Crippen molar-refractivity contribution in [1.29, 1.82) is 0 Å². The topological polar surface area (TPSA) is 72.2 Å². The van der Waals surface area contributed by atoms with Crippen LogP contribution < -0.4 is 5.32 Å². The second-order valence-corrected chi connectivity index (χ2v) is 4.34. The minimum absolute atomic E-state index is 0.134. The van der Waals surface area contributed by atoms with E-state index in [-0.39, 0.29) is 11.3 Å². The average molecular weight is 247 g/mol. The number of nitrogens with one attached hydrogen (secondary N) is 1. The van der Waals surface area contributed by atoms with Gasteiger partial charge < -0.3 is 5.32 Å². The van der Waals surface area contributed by atoms with Crippen molar-refractivity contribution in [3.8, 4) is 0 Å². The summed E-state index contributed by atoms with van der Waals surface area (Å²) in [7, 11) is 0. The molecule has 0 radical (unpaired) electrons. The van der Waals surface area contributed by atoms with E-state index in [4.69, 9.17) is 23.2 Å². The van der Waals surface area contributed by atoms with Gasteiger partial charge in [0.15, 0.2) is 0 Å². The van der Waals surface area contributed by atoms with Crippen molar-refractivity contribution in [2.24, 2.45) is 0 Å². The van der Waals surface area contributed by atoms with E-state index in [0.717, 1.165) is 6.07 Å². The van der Waals surface area contributed by atoms with E-state index in [2.05, 4.69) is 5.32 Å². The molecule has 5 nitrogen and oxygen atoms in total. The first-order valence-electron chi connectivity index (χ1n) is 3.91. The number of halogens is 2. The van der Waals surface area contributed by atoms with Crippen LogP contribution in [0.5, 0.6) is 0 Å². The maximum atomic E-state index is 11.4. The number of hydrogen-bond acceptors (Lipinski definition) is 3. The van der Waals surface area contributed by atoms with Gasteiger partial charge >= 0.3 is 0 Å². The Morgan fingerprint density at radius 2 is 2.07 bits per heavy atom. The molecule has 1 aliphatic heterocycles. The lowest BCUT2D eigenvalue weighted by atomic mass is 10.1. The van der Waals surface area contributed by atoms with Crippen LogP contribution in [0, 0.1) is 10.1 Å². The number of nitro groups is 1. The molecule has 15 heavy (non-hydrogen) atoms. The molecule has 78 valence electrons. The predicted molar refractivity (Wildman–Crippen MR) is 53.9 cm³/mol. The van der Waals surface area contributed by atoms with E-state index in [0.29, 0.717) is 5.56 Å². The SMILES string of the molecule is O=C1NC(Cl)(Cl)c2ccc([N+](=O)[O-])cc21. The first-order chi connectivity index (χ1) is 6.92. The maximum absolute atomic E-state index is 11.4. The smallest absolute Gasteiger partial charge is 0.270 e. The molecule has 7 heteroatoms. The zero-order chi connectivity index (χ0) is 11.2. The van der Waals surface area contributed by atoms with Gasteiger partial charge in [-0.05, 0) is 6.07 Å². The number of nitrogens with zero attached hydrogens (tertiary/aromatic N) is 1. The van der Waals surface area contributed by atoms with Gasteiger partial charge in [-0.1, -0.05) is 23.2 Å². The average Bonchev–Trinajstić information content (AvgIpc) is 2.37. The Balaban J connectivity index is 2.60. The van der Waals surface area contributed by atoms with Gasteiger partial charge in [0.05, 0.1) is 10.5 Å². The molecule has 1 amide bonds. The molecule has 0 atom stereocenters. The van der Waals surface area contributed by atoms with Gasteiger partial charge in [-0.3, -0.25) is 14.9 Å². The van der Waals surface area contributed by atoms with Crippen LogP contribution in [0.3, 0.4) is 0 Å². The third kappa shape index (κ3) is 1.53. The van der Waals surface area contributed by atoms with Gasteiger partial charge in [0.1, 0.15) is 0 Å². The fourth-order valence-electron chi connectivity index (χ4n) is 1.38. The number of alkyl halides is 2. The Labute approximate surface area is 94.1 Å². The van der Waals surface area contributed by atoms with Gasteiger partial charge in [-0.25, -0.2) is 0 Å². The minimum Gasteiger partial charge on any atom is -0.317 e. The standard InChI is InChI=1S/C8H4Cl2N2O3/c9-8(10)6-2-1-4(12(14)15)3-5(6)7(13)11-8/h1-3H,(H,11,13).